The summed E-state index contributed by atoms with van der Waals surface area (Å²) in [6, 6.07) is 14.1. The molecule has 1 aromatic carbocycles. The molecule has 1 N–H and O–H groups in total. The summed E-state index contributed by atoms with van der Waals surface area (Å²) in [5.74, 6) is 2.64. The topological polar surface area (TPSA) is 72.7 Å². The van der Waals surface area contributed by atoms with Crippen molar-refractivity contribution in [1.82, 2.24) is 19.7 Å². The van der Waals surface area contributed by atoms with E-state index in [9.17, 15) is 4.79 Å². The minimum Gasteiger partial charge on any atom is -0.310 e. The third-order valence-electron chi connectivity index (χ3n) is 4.74. The van der Waals surface area contributed by atoms with E-state index in [1.165, 1.54) is 17.3 Å². The fourth-order valence-electron chi connectivity index (χ4n) is 3.29. The first-order chi connectivity index (χ1) is 13.7. The van der Waals surface area contributed by atoms with Crippen LogP contribution in [0.1, 0.15) is 36.6 Å². The van der Waals surface area contributed by atoms with Crippen molar-refractivity contribution in [3.63, 3.8) is 0 Å². The highest BCUT2D eigenvalue weighted by atomic mass is 79.9. The zero-order chi connectivity index (χ0) is 19.5. The number of thioether (sulfide) groups is 1. The Morgan fingerprint density at radius 1 is 1.21 bits per heavy atom. The van der Waals surface area contributed by atoms with E-state index in [0.29, 0.717) is 17.7 Å². The lowest BCUT2D eigenvalue weighted by Crippen LogP contribution is -2.15. The Bertz CT molecular complexity index is 960. The number of hydrogen-bond acceptors (Lipinski definition) is 5. The minimum atomic E-state index is -0.111. The van der Waals surface area contributed by atoms with Crippen LogP contribution in [0.5, 0.6) is 0 Å². The first kappa shape index (κ1) is 19.1. The van der Waals surface area contributed by atoms with E-state index in [-0.39, 0.29) is 11.7 Å². The molecule has 144 valence electrons. The van der Waals surface area contributed by atoms with Gasteiger partial charge in [0, 0.05) is 23.1 Å². The second-order valence-corrected chi connectivity index (χ2v) is 8.50. The summed E-state index contributed by atoms with van der Waals surface area (Å²) in [6.45, 7) is 2.88. The third-order valence-corrected chi connectivity index (χ3v) is 6.17. The van der Waals surface area contributed by atoms with Gasteiger partial charge in [-0.2, -0.15) is 0 Å². The van der Waals surface area contributed by atoms with Gasteiger partial charge in [0.2, 0.25) is 5.91 Å². The van der Waals surface area contributed by atoms with Gasteiger partial charge in [-0.15, -0.1) is 10.2 Å². The number of anilines is 1. The molecule has 0 saturated heterocycles. The summed E-state index contributed by atoms with van der Waals surface area (Å²) in [5.41, 5.74) is 1.36. The quantitative estimate of drug-likeness (QED) is 0.530. The van der Waals surface area contributed by atoms with Crippen LogP contribution in [0, 0.1) is 0 Å². The summed E-state index contributed by atoms with van der Waals surface area (Å²) >= 11 is 4.74. The Labute approximate surface area is 176 Å². The fraction of sp³-hybridized carbons (Fsp3) is 0.300. The molecule has 4 rings (SSSR count). The molecule has 0 spiro atoms. The highest BCUT2D eigenvalue weighted by molar-refractivity contribution is 9.10. The van der Waals surface area contributed by atoms with Crippen LogP contribution in [0.3, 0.4) is 0 Å². The monoisotopic (exact) mass is 457 g/mol. The molecule has 2 heterocycles. The van der Waals surface area contributed by atoms with E-state index >= 15 is 0 Å². The largest absolute Gasteiger partial charge is 0.310 e. The van der Waals surface area contributed by atoms with Crippen LogP contribution in [0.2, 0.25) is 0 Å². The smallest absolute Gasteiger partial charge is 0.236 e. The van der Waals surface area contributed by atoms with E-state index in [1.54, 1.807) is 12.3 Å². The van der Waals surface area contributed by atoms with Crippen molar-refractivity contribution in [2.75, 3.05) is 11.1 Å². The normalized spacial score (nSPS) is 18.1. The van der Waals surface area contributed by atoms with Gasteiger partial charge in [0.25, 0.3) is 0 Å². The van der Waals surface area contributed by atoms with Gasteiger partial charge in [-0.3, -0.25) is 4.79 Å². The number of carbonyl (C=O) groups is 1. The van der Waals surface area contributed by atoms with Crippen molar-refractivity contribution >= 4 is 39.4 Å². The maximum Gasteiger partial charge on any atom is 0.236 e. The lowest BCUT2D eigenvalue weighted by atomic mass is 10.1. The predicted molar refractivity (Wildman–Crippen MR) is 114 cm³/mol. The van der Waals surface area contributed by atoms with Crippen LogP contribution in [-0.4, -0.2) is 31.4 Å². The van der Waals surface area contributed by atoms with Crippen LogP contribution in [0.25, 0.3) is 0 Å². The lowest BCUT2D eigenvalue weighted by molar-refractivity contribution is -0.113. The van der Waals surface area contributed by atoms with Gasteiger partial charge in [0.1, 0.15) is 11.6 Å². The molecule has 0 aliphatic heterocycles. The molecule has 1 amide bonds. The number of pyridine rings is 1. The number of halogens is 1. The highest BCUT2D eigenvalue weighted by Crippen LogP contribution is 2.54. The number of hydrogen-bond donors (Lipinski definition) is 1. The molecule has 0 bridgehead atoms. The molecule has 1 aliphatic rings. The maximum absolute atomic E-state index is 12.2. The summed E-state index contributed by atoms with van der Waals surface area (Å²) in [4.78, 5) is 16.4. The molecule has 8 heteroatoms. The molecule has 0 radical (unpaired) electrons. The van der Waals surface area contributed by atoms with E-state index < -0.39 is 0 Å². The molecular weight excluding hydrogens is 438 g/mol. The first-order valence-corrected chi connectivity index (χ1v) is 11.0. The summed E-state index contributed by atoms with van der Waals surface area (Å²) in [7, 11) is 0. The molecule has 1 saturated carbocycles. The van der Waals surface area contributed by atoms with E-state index in [0.717, 1.165) is 28.4 Å². The summed E-state index contributed by atoms with van der Waals surface area (Å²) < 4.78 is 3.00. The Morgan fingerprint density at radius 3 is 2.75 bits per heavy atom. The van der Waals surface area contributed by atoms with Crippen LogP contribution in [0.15, 0.2) is 58.3 Å². The summed E-state index contributed by atoms with van der Waals surface area (Å²) in [6.07, 6.45) is 2.75. The second-order valence-electron chi connectivity index (χ2n) is 6.64. The first-order valence-electron chi connectivity index (χ1n) is 9.18. The van der Waals surface area contributed by atoms with E-state index in [2.05, 4.69) is 72.2 Å². The SMILES string of the molecule is CCn1c(SCC(=O)Nc2ccc(Br)cn2)nnc1C1CC1c1ccccc1. The number of carbonyl (C=O) groups excluding carboxylic acids is 1. The second kappa shape index (κ2) is 8.45. The number of nitrogens with zero attached hydrogens (tertiary/aromatic N) is 4. The number of nitrogens with one attached hydrogen (secondary N) is 1. The van der Waals surface area contributed by atoms with Crippen LogP contribution >= 0.6 is 27.7 Å². The van der Waals surface area contributed by atoms with Gasteiger partial charge >= 0.3 is 0 Å². The summed E-state index contributed by atoms with van der Waals surface area (Å²) in [5, 5.41) is 12.4. The van der Waals surface area contributed by atoms with Gasteiger partial charge in [0.05, 0.1) is 5.75 Å². The average Bonchev–Trinajstić information content (AvgIpc) is 3.41. The van der Waals surface area contributed by atoms with Gasteiger partial charge < -0.3 is 9.88 Å². The van der Waals surface area contributed by atoms with Crippen molar-refractivity contribution in [3.8, 4) is 0 Å². The number of rotatable bonds is 7. The number of aromatic nitrogens is 4. The lowest BCUT2D eigenvalue weighted by Gasteiger charge is -2.08. The molecule has 1 fully saturated rings. The van der Waals surface area contributed by atoms with Crippen molar-refractivity contribution < 1.29 is 4.79 Å². The molecule has 2 aromatic heterocycles. The van der Waals surface area contributed by atoms with Gasteiger partial charge in [-0.1, -0.05) is 42.1 Å². The molecule has 3 aromatic rings. The van der Waals surface area contributed by atoms with Gasteiger partial charge in [0.15, 0.2) is 5.16 Å². The van der Waals surface area contributed by atoms with E-state index in [1.807, 2.05) is 12.1 Å². The van der Waals surface area contributed by atoms with Crippen molar-refractivity contribution in [2.45, 2.75) is 36.9 Å². The molecule has 2 atom stereocenters. The Balaban J connectivity index is 1.38. The van der Waals surface area contributed by atoms with Crippen LogP contribution < -0.4 is 5.32 Å². The fourth-order valence-corrected chi connectivity index (χ4v) is 4.33. The van der Waals surface area contributed by atoms with Crippen molar-refractivity contribution in [1.29, 1.82) is 0 Å². The molecule has 28 heavy (non-hydrogen) atoms. The zero-order valence-corrected chi connectivity index (χ0v) is 17.8. The predicted octanol–water partition coefficient (Wildman–Crippen LogP) is 4.46. The standard InChI is InChI=1S/C20H20BrN5OS/c1-2-26-19(16-10-15(16)13-6-4-3-5-7-13)24-25-20(26)28-12-18(27)23-17-9-8-14(21)11-22-17/h3-9,11,15-16H,2,10,12H2,1H3,(H,22,23,27). The van der Waals surface area contributed by atoms with Crippen LogP contribution in [0.4, 0.5) is 5.82 Å². The Morgan fingerprint density at radius 2 is 2.04 bits per heavy atom. The minimum absolute atomic E-state index is 0.111. The molecule has 2 unspecified atom stereocenters. The van der Waals surface area contributed by atoms with Gasteiger partial charge in [-0.25, -0.2) is 4.98 Å². The Hall–Kier alpha value is -2.19. The zero-order valence-electron chi connectivity index (χ0n) is 15.4. The number of amides is 1. The Kier molecular flexibility index (Phi) is 5.77. The van der Waals surface area contributed by atoms with Crippen molar-refractivity contribution in [3.05, 3.63) is 64.5 Å². The number of benzene rings is 1. The average molecular weight is 458 g/mol. The molecule has 1 aliphatic carbocycles. The maximum atomic E-state index is 12.2. The molecule has 6 nitrogen and oxygen atoms in total. The van der Waals surface area contributed by atoms with Crippen molar-refractivity contribution in [2.24, 2.45) is 0 Å². The third kappa shape index (κ3) is 4.28. The van der Waals surface area contributed by atoms with E-state index in [4.69, 9.17) is 0 Å². The van der Waals surface area contributed by atoms with Crippen LogP contribution in [-0.2, 0) is 11.3 Å². The molecular formula is C20H20BrN5OS. The highest BCUT2D eigenvalue weighted by Gasteiger charge is 2.43. The van der Waals surface area contributed by atoms with Gasteiger partial charge in [-0.05, 0) is 52.9 Å².